The summed E-state index contributed by atoms with van der Waals surface area (Å²) in [5.74, 6) is -0.167. The normalized spacial score (nSPS) is 25.1. The van der Waals surface area contributed by atoms with Gasteiger partial charge in [-0.1, -0.05) is 37.3 Å². The number of benzene rings is 1. The monoisotopic (exact) mass is 203 g/mol. The molecular formula is C13H14FN. The van der Waals surface area contributed by atoms with Crippen LogP contribution in [-0.2, 0) is 5.41 Å². The summed E-state index contributed by atoms with van der Waals surface area (Å²) in [5, 5.41) is 0. The van der Waals surface area contributed by atoms with Crippen LogP contribution < -0.4 is 5.73 Å². The molecule has 2 rings (SSSR count). The lowest BCUT2D eigenvalue weighted by molar-refractivity contribution is 0.519. The van der Waals surface area contributed by atoms with Gasteiger partial charge in [0.25, 0.3) is 0 Å². The van der Waals surface area contributed by atoms with Crippen LogP contribution in [0.4, 0.5) is 4.39 Å². The second-order valence-electron chi connectivity index (χ2n) is 4.17. The molecule has 0 amide bonds. The van der Waals surface area contributed by atoms with Crippen molar-refractivity contribution in [1.82, 2.24) is 0 Å². The molecule has 0 aromatic heterocycles. The van der Waals surface area contributed by atoms with Gasteiger partial charge in [-0.25, -0.2) is 4.39 Å². The van der Waals surface area contributed by atoms with E-state index in [2.05, 4.69) is 0 Å². The summed E-state index contributed by atoms with van der Waals surface area (Å²) in [4.78, 5) is 0. The van der Waals surface area contributed by atoms with Crippen molar-refractivity contribution in [2.45, 2.75) is 18.8 Å². The minimum Gasteiger partial charge on any atom is -0.402 e. The molecule has 1 aromatic carbocycles. The van der Waals surface area contributed by atoms with Gasteiger partial charge in [0.15, 0.2) is 0 Å². The molecule has 78 valence electrons. The van der Waals surface area contributed by atoms with Crippen molar-refractivity contribution < 1.29 is 4.39 Å². The van der Waals surface area contributed by atoms with Crippen molar-refractivity contribution in [3.63, 3.8) is 0 Å². The van der Waals surface area contributed by atoms with E-state index in [4.69, 9.17) is 5.73 Å². The van der Waals surface area contributed by atoms with E-state index in [0.29, 0.717) is 12.0 Å². The lowest BCUT2D eigenvalue weighted by Crippen LogP contribution is -2.25. The first-order valence-electron chi connectivity index (χ1n) is 5.01. The number of hydrogen-bond acceptors (Lipinski definition) is 1. The highest BCUT2D eigenvalue weighted by atomic mass is 19.1. The Hall–Kier alpha value is -1.57. The lowest BCUT2D eigenvalue weighted by Gasteiger charge is -2.29. The average Bonchev–Trinajstić information content (AvgIpc) is 2.17. The number of allylic oxidation sites excluding steroid dienone is 4. The number of nitrogens with two attached hydrogens (primary N) is 1. The predicted octanol–water partition coefficient (Wildman–Crippen LogP) is 2.89. The van der Waals surface area contributed by atoms with Crippen molar-refractivity contribution in [2.24, 2.45) is 5.73 Å². The van der Waals surface area contributed by atoms with Crippen LogP contribution in [0, 0.1) is 5.82 Å². The summed E-state index contributed by atoms with van der Waals surface area (Å²) >= 11 is 0. The van der Waals surface area contributed by atoms with E-state index in [-0.39, 0.29) is 11.2 Å². The fourth-order valence-electron chi connectivity index (χ4n) is 2.04. The van der Waals surface area contributed by atoms with Crippen LogP contribution >= 0.6 is 0 Å². The third kappa shape index (κ3) is 1.80. The summed E-state index contributed by atoms with van der Waals surface area (Å²) in [6, 6.07) is 6.86. The highest BCUT2D eigenvalue weighted by Gasteiger charge is 2.28. The highest BCUT2D eigenvalue weighted by Crippen LogP contribution is 2.34. The van der Waals surface area contributed by atoms with Gasteiger partial charge in [0.1, 0.15) is 5.82 Å². The van der Waals surface area contributed by atoms with Crippen LogP contribution in [0.25, 0.3) is 0 Å². The summed E-state index contributed by atoms with van der Waals surface area (Å²) in [5.41, 5.74) is 6.97. The number of halogens is 1. The molecule has 2 heteroatoms. The molecule has 0 heterocycles. The maximum atomic E-state index is 13.7. The van der Waals surface area contributed by atoms with E-state index in [1.54, 1.807) is 6.07 Å². The molecule has 0 aliphatic heterocycles. The Bertz CT molecular complexity index is 434. The third-order valence-electron chi connectivity index (χ3n) is 2.83. The molecule has 1 nitrogen and oxygen atoms in total. The Morgan fingerprint density at radius 3 is 2.73 bits per heavy atom. The SMILES string of the molecule is CC1(c2ccccc2F)C=CC=C(N)C1. The molecule has 0 spiro atoms. The minimum atomic E-state index is -0.315. The largest absolute Gasteiger partial charge is 0.402 e. The zero-order chi connectivity index (χ0) is 10.9. The van der Waals surface area contributed by atoms with Crippen molar-refractivity contribution >= 4 is 0 Å². The zero-order valence-corrected chi connectivity index (χ0v) is 8.70. The Morgan fingerprint density at radius 1 is 1.33 bits per heavy atom. The Labute approximate surface area is 89.1 Å². The lowest BCUT2D eigenvalue weighted by atomic mass is 9.76. The Kier molecular flexibility index (Phi) is 2.35. The van der Waals surface area contributed by atoms with E-state index in [0.717, 1.165) is 5.70 Å². The number of hydrogen-bond donors (Lipinski definition) is 1. The van der Waals surface area contributed by atoms with Gasteiger partial charge in [-0.15, -0.1) is 0 Å². The molecule has 0 saturated carbocycles. The molecular weight excluding hydrogens is 189 g/mol. The molecule has 1 aromatic rings. The molecule has 0 bridgehead atoms. The molecule has 1 atom stereocenters. The van der Waals surface area contributed by atoms with Crippen molar-refractivity contribution in [3.05, 3.63) is 59.6 Å². The van der Waals surface area contributed by atoms with Crippen molar-refractivity contribution in [2.75, 3.05) is 0 Å². The van der Waals surface area contributed by atoms with Crippen LogP contribution in [0.15, 0.2) is 48.2 Å². The van der Waals surface area contributed by atoms with Gasteiger partial charge < -0.3 is 5.73 Å². The topological polar surface area (TPSA) is 26.0 Å². The van der Waals surface area contributed by atoms with Gasteiger partial charge in [0, 0.05) is 11.1 Å². The van der Waals surface area contributed by atoms with Crippen LogP contribution in [0.2, 0.25) is 0 Å². The summed E-state index contributed by atoms with van der Waals surface area (Å²) < 4.78 is 13.7. The summed E-state index contributed by atoms with van der Waals surface area (Å²) in [7, 11) is 0. The predicted molar refractivity (Wildman–Crippen MR) is 59.8 cm³/mol. The molecule has 1 aliphatic rings. The maximum absolute atomic E-state index is 13.7. The van der Waals surface area contributed by atoms with Crippen molar-refractivity contribution in [1.29, 1.82) is 0 Å². The highest BCUT2D eigenvalue weighted by molar-refractivity contribution is 5.37. The van der Waals surface area contributed by atoms with Gasteiger partial charge in [-0.2, -0.15) is 0 Å². The smallest absolute Gasteiger partial charge is 0.127 e. The van der Waals surface area contributed by atoms with E-state index in [1.165, 1.54) is 6.07 Å². The van der Waals surface area contributed by atoms with Crippen LogP contribution in [0.5, 0.6) is 0 Å². The Balaban J connectivity index is 2.44. The van der Waals surface area contributed by atoms with E-state index in [9.17, 15) is 4.39 Å². The maximum Gasteiger partial charge on any atom is 0.127 e. The molecule has 0 radical (unpaired) electrons. The van der Waals surface area contributed by atoms with Gasteiger partial charge >= 0.3 is 0 Å². The molecule has 15 heavy (non-hydrogen) atoms. The number of rotatable bonds is 1. The average molecular weight is 203 g/mol. The molecule has 1 aliphatic carbocycles. The summed E-state index contributed by atoms with van der Waals surface area (Å²) in [6.07, 6.45) is 6.43. The molecule has 2 N–H and O–H groups in total. The molecule has 0 fully saturated rings. The van der Waals surface area contributed by atoms with Crippen LogP contribution in [0.1, 0.15) is 18.9 Å². The van der Waals surface area contributed by atoms with E-state index < -0.39 is 0 Å². The van der Waals surface area contributed by atoms with Crippen LogP contribution in [0.3, 0.4) is 0 Å². The zero-order valence-electron chi connectivity index (χ0n) is 8.70. The first-order valence-corrected chi connectivity index (χ1v) is 5.01. The van der Waals surface area contributed by atoms with Gasteiger partial charge in [0.05, 0.1) is 0 Å². The Morgan fingerprint density at radius 2 is 2.07 bits per heavy atom. The summed E-state index contributed by atoms with van der Waals surface area (Å²) in [6.45, 7) is 2.00. The van der Waals surface area contributed by atoms with Gasteiger partial charge in [-0.05, 0) is 24.1 Å². The standard InChI is InChI=1S/C13H14FN/c1-13(8-4-5-10(15)9-13)11-6-2-3-7-12(11)14/h2-8H,9,15H2,1H3. The molecule has 1 unspecified atom stereocenters. The first-order chi connectivity index (χ1) is 7.12. The van der Waals surface area contributed by atoms with E-state index >= 15 is 0 Å². The fourth-order valence-corrected chi connectivity index (χ4v) is 2.04. The molecule has 0 saturated heterocycles. The van der Waals surface area contributed by atoms with E-state index in [1.807, 2.05) is 37.3 Å². The van der Waals surface area contributed by atoms with Crippen molar-refractivity contribution in [3.8, 4) is 0 Å². The first kappa shape index (κ1) is 9.97. The van der Waals surface area contributed by atoms with Crippen LogP contribution in [-0.4, -0.2) is 0 Å². The second-order valence-corrected chi connectivity index (χ2v) is 4.17. The minimum absolute atomic E-state index is 0.167. The van der Waals surface area contributed by atoms with Gasteiger partial charge in [-0.3, -0.25) is 0 Å². The quantitative estimate of drug-likeness (QED) is 0.746. The van der Waals surface area contributed by atoms with Gasteiger partial charge in [0.2, 0.25) is 0 Å². The second kappa shape index (κ2) is 3.54. The fraction of sp³-hybridized carbons (Fsp3) is 0.231. The third-order valence-corrected chi connectivity index (χ3v) is 2.83.